The summed E-state index contributed by atoms with van der Waals surface area (Å²) in [6.07, 6.45) is 6.61. The van der Waals surface area contributed by atoms with Gasteiger partial charge in [-0.25, -0.2) is 5.01 Å². The fraction of sp³-hybridized carbons (Fsp3) is 0.105. The summed E-state index contributed by atoms with van der Waals surface area (Å²) < 4.78 is 6.22. The fourth-order valence-corrected chi connectivity index (χ4v) is 3.72. The number of furan rings is 1. The van der Waals surface area contributed by atoms with Crippen molar-refractivity contribution in [1.29, 1.82) is 0 Å². The minimum Gasteiger partial charge on any atom is -0.465 e. The first kappa shape index (κ1) is 17.8. The Bertz CT molecular complexity index is 1080. The number of hydrogen-bond acceptors (Lipinski definition) is 6. The van der Waals surface area contributed by atoms with E-state index in [1.807, 2.05) is 42.5 Å². The second-order valence-electron chi connectivity index (χ2n) is 5.73. The van der Waals surface area contributed by atoms with E-state index in [-0.39, 0.29) is 5.91 Å². The number of carbonyl (C=O) groups excluding carboxylic acids is 1. The molecule has 1 atom stereocenters. The van der Waals surface area contributed by atoms with Crippen molar-refractivity contribution < 1.29 is 9.21 Å². The van der Waals surface area contributed by atoms with Crippen LogP contribution in [0.3, 0.4) is 0 Å². The second kappa shape index (κ2) is 7.58. The number of halogens is 1. The van der Waals surface area contributed by atoms with E-state index >= 15 is 0 Å². The van der Waals surface area contributed by atoms with E-state index in [1.165, 1.54) is 11.8 Å². The number of amidine groups is 1. The summed E-state index contributed by atoms with van der Waals surface area (Å²) >= 11 is 4.87. The maximum absolute atomic E-state index is 12.8. The minimum absolute atomic E-state index is 0.206. The summed E-state index contributed by atoms with van der Waals surface area (Å²) in [5, 5.41) is 11.1. The number of rotatable bonds is 4. The van der Waals surface area contributed by atoms with Crippen molar-refractivity contribution >= 4 is 50.5 Å². The first-order chi connectivity index (χ1) is 13.2. The first-order valence-corrected chi connectivity index (χ1v) is 9.96. The highest BCUT2D eigenvalue weighted by Gasteiger charge is 2.32. The van der Waals surface area contributed by atoms with Gasteiger partial charge in [-0.2, -0.15) is 0 Å². The van der Waals surface area contributed by atoms with Crippen molar-refractivity contribution in [3.8, 4) is 0 Å². The number of amides is 1. The molecular weight excluding hydrogens is 428 g/mol. The van der Waals surface area contributed by atoms with Crippen LogP contribution in [-0.2, 0) is 4.79 Å². The van der Waals surface area contributed by atoms with E-state index < -0.39 is 6.17 Å². The molecule has 0 aliphatic carbocycles. The molecule has 2 aliphatic heterocycles. The quantitative estimate of drug-likeness (QED) is 0.738. The lowest BCUT2D eigenvalue weighted by atomic mass is 10.1. The molecule has 0 saturated carbocycles. The topological polar surface area (TPSA) is 70.2 Å². The number of hydrogen-bond donors (Lipinski definition) is 1. The molecule has 0 bridgehead atoms. The van der Waals surface area contributed by atoms with Crippen molar-refractivity contribution in [2.24, 2.45) is 10.1 Å². The van der Waals surface area contributed by atoms with Gasteiger partial charge in [-0.05, 0) is 42.5 Å². The normalized spacial score (nSPS) is 18.5. The molecule has 1 aromatic carbocycles. The molecule has 0 radical (unpaired) electrons. The standard InChI is InChI=1S/C19H15BrN4O2S/c1-2-10-27-19-22-18(25)17-14-11-12(20)5-7-15(14)21-16(24(17)23-19)8-6-13-4-3-9-26-13/h2-9,11,16H,1,10H2,(H,22,23,25)/b8-6+/t16-/m1/s1. The maximum atomic E-state index is 12.8. The Morgan fingerprint density at radius 3 is 3.07 bits per heavy atom. The molecule has 4 rings (SSSR count). The molecule has 0 spiro atoms. The molecule has 1 aromatic heterocycles. The van der Waals surface area contributed by atoms with E-state index in [0.29, 0.717) is 22.4 Å². The molecule has 2 aliphatic rings. The predicted octanol–water partition coefficient (Wildman–Crippen LogP) is 2.44. The van der Waals surface area contributed by atoms with Crippen LogP contribution in [0.15, 0.2) is 74.3 Å². The molecular formula is C19H15BrN4O2S. The molecule has 8 heteroatoms. The highest BCUT2D eigenvalue weighted by molar-refractivity contribution is 9.10. The summed E-state index contributed by atoms with van der Waals surface area (Å²) in [5.41, 5.74) is 0.471. The zero-order valence-electron chi connectivity index (χ0n) is 14.1. The summed E-state index contributed by atoms with van der Waals surface area (Å²) in [7, 11) is 0. The van der Waals surface area contributed by atoms with E-state index in [2.05, 4.69) is 32.9 Å². The summed E-state index contributed by atoms with van der Waals surface area (Å²) in [5.74, 6) is 1.15. The van der Waals surface area contributed by atoms with Crippen LogP contribution in [0.25, 0.3) is 11.8 Å². The lowest BCUT2D eigenvalue weighted by Gasteiger charge is -2.32. The average Bonchev–Trinajstić information content (AvgIpc) is 3.18. The Kier molecular flexibility index (Phi) is 5.00. The molecule has 3 heterocycles. The number of carbonyl (C=O) groups is 1. The highest BCUT2D eigenvalue weighted by atomic mass is 79.9. The number of thioether (sulfide) groups is 1. The fourth-order valence-electron chi connectivity index (χ4n) is 2.77. The van der Waals surface area contributed by atoms with Gasteiger partial charge in [0.1, 0.15) is 11.5 Å². The van der Waals surface area contributed by atoms with Gasteiger partial charge in [-0.1, -0.05) is 33.8 Å². The van der Waals surface area contributed by atoms with Gasteiger partial charge in [0.15, 0.2) is 11.3 Å². The Balaban J connectivity index is 1.83. The monoisotopic (exact) mass is 442 g/mol. The molecule has 1 N–H and O–H groups in total. The maximum Gasteiger partial charge on any atom is 0.276 e. The van der Waals surface area contributed by atoms with Crippen molar-refractivity contribution in [2.45, 2.75) is 6.17 Å². The van der Waals surface area contributed by atoms with Crippen LogP contribution in [0, 0.1) is 0 Å². The van der Waals surface area contributed by atoms with Gasteiger partial charge in [-0.3, -0.25) is 15.1 Å². The zero-order chi connectivity index (χ0) is 18.8. The third kappa shape index (κ3) is 3.63. The number of nitrogens with one attached hydrogen (secondary N) is 1. The van der Waals surface area contributed by atoms with Crippen LogP contribution < -0.4 is 15.9 Å². The zero-order valence-corrected chi connectivity index (χ0v) is 16.5. The van der Waals surface area contributed by atoms with Gasteiger partial charge >= 0.3 is 0 Å². The summed E-state index contributed by atoms with van der Waals surface area (Å²) in [4.78, 5) is 17.6. The molecule has 0 unspecified atom stereocenters. The number of fused-ring (bicyclic) bond motifs is 2. The Morgan fingerprint density at radius 2 is 2.30 bits per heavy atom. The first-order valence-electron chi connectivity index (χ1n) is 8.18. The van der Waals surface area contributed by atoms with E-state index in [4.69, 9.17) is 9.41 Å². The molecule has 27 heavy (non-hydrogen) atoms. The van der Waals surface area contributed by atoms with Gasteiger partial charge in [0.2, 0.25) is 0 Å². The van der Waals surface area contributed by atoms with Crippen molar-refractivity contribution in [1.82, 2.24) is 10.3 Å². The minimum atomic E-state index is -0.454. The van der Waals surface area contributed by atoms with E-state index in [0.717, 1.165) is 15.0 Å². The van der Waals surface area contributed by atoms with E-state index in [9.17, 15) is 4.79 Å². The number of hydrazone groups is 1. The van der Waals surface area contributed by atoms with Crippen LogP contribution in [0.5, 0.6) is 0 Å². The Labute approximate surface area is 168 Å². The smallest absolute Gasteiger partial charge is 0.276 e. The van der Waals surface area contributed by atoms with Gasteiger partial charge in [-0.15, -0.1) is 11.7 Å². The molecule has 136 valence electrons. The van der Waals surface area contributed by atoms with Gasteiger partial charge < -0.3 is 4.42 Å². The molecule has 6 nitrogen and oxygen atoms in total. The summed E-state index contributed by atoms with van der Waals surface area (Å²) in [6, 6.07) is 9.34. The van der Waals surface area contributed by atoms with Crippen LogP contribution in [-0.4, -0.2) is 28.0 Å². The number of nitrogens with zero attached hydrogens (tertiary/aromatic N) is 3. The second-order valence-corrected chi connectivity index (χ2v) is 7.66. The van der Waals surface area contributed by atoms with Crippen molar-refractivity contribution in [3.05, 3.63) is 76.1 Å². The Hall–Kier alpha value is -2.58. The Morgan fingerprint density at radius 1 is 1.41 bits per heavy atom. The molecule has 1 amide bonds. The van der Waals surface area contributed by atoms with Crippen LogP contribution >= 0.6 is 27.7 Å². The van der Waals surface area contributed by atoms with Gasteiger partial charge in [0.05, 0.1) is 11.6 Å². The lowest BCUT2D eigenvalue weighted by molar-refractivity contribution is -0.116. The molecule has 0 fully saturated rings. The lowest BCUT2D eigenvalue weighted by Crippen LogP contribution is -2.52. The third-order valence-corrected chi connectivity index (χ3v) is 5.27. The number of benzene rings is 1. The molecule has 0 saturated heterocycles. The third-order valence-electron chi connectivity index (χ3n) is 3.91. The van der Waals surface area contributed by atoms with Crippen LogP contribution in [0.4, 0.5) is 0 Å². The van der Waals surface area contributed by atoms with Gasteiger partial charge in [0.25, 0.3) is 5.91 Å². The van der Waals surface area contributed by atoms with Gasteiger partial charge in [0, 0.05) is 15.4 Å². The summed E-state index contributed by atoms with van der Waals surface area (Å²) in [6.45, 7) is 3.71. The van der Waals surface area contributed by atoms with Crippen molar-refractivity contribution in [3.63, 3.8) is 0 Å². The molecule has 2 aromatic rings. The predicted molar refractivity (Wildman–Crippen MR) is 110 cm³/mol. The van der Waals surface area contributed by atoms with Crippen LogP contribution in [0.2, 0.25) is 0 Å². The largest absolute Gasteiger partial charge is 0.465 e. The highest BCUT2D eigenvalue weighted by Crippen LogP contribution is 2.22. The SMILES string of the molecule is C=CCSC1=NN2C(=c3cc(Br)ccc3=N[C@H]2/C=C/c2ccco2)C(=O)N1. The van der Waals surface area contributed by atoms with Crippen molar-refractivity contribution in [2.75, 3.05) is 5.75 Å². The van der Waals surface area contributed by atoms with E-state index in [1.54, 1.807) is 17.3 Å². The van der Waals surface area contributed by atoms with Crippen LogP contribution in [0.1, 0.15) is 5.76 Å². The average molecular weight is 443 g/mol.